The topological polar surface area (TPSA) is 42.2 Å². The van der Waals surface area contributed by atoms with Gasteiger partial charge < -0.3 is 5.32 Å². The molecule has 2 heterocycles. The van der Waals surface area contributed by atoms with Crippen molar-refractivity contribution < 1.29 is 0 Å². The Balaban J connectivity index is 0.000000847. The van der Waals surface area contributed by atoms with E-state index in [0.29, 0.717) is 6.04 Å². The van der Waals surface area contributed by atoms with Crippen molar-refractivity contribution in [2.45, 2.75) is 65.8 Å². The summed E-state index contributed by atoms with van der Waals surface area (Å²) in [4.78, 5) is 4.70. The Morgan fingerprint density at radius 1 is 1.36 bits per heavy atom. The molecule has 4 nitrogen and oxygen atoms in total. The molecule has 0 bridgehead atoms. The van der Waals surface area contributed by atoms with Gasteiger partial charge in [0.2, 0.25) is 0 Å². The van der Waals surface area contributed by atoms with Gasteiger partial charge in [-0.1, -0.05) is 39.7 Å². The summed E-state index contributed by atoms with van der Waals surface area (Å²) < 4.78 is 1.91. The maximum atomic E-state index is 4.70. The molecular formula is C18H28N4. The molecule has 0 aliphatic heterocycles. The Bertz CT molecular complexity index is 621. The number of aromatic nitrogens is 3. The number of anilines is 1. The Kier molecular flexibility index (Phi) is 5.99. The first-order chi connectivity index (χ1) is 10.8. The molecule has 120 valence electrons. The van der Waals surface area contributed by atoms with Crippen LogP contribution in [-0.2, 0) is 0 Å². The van der Waals surface area contributed by atoms with Crippen LogP contribution in [-0.4, -0.2) is 20.6 Å². The average Bonchev–Trinajstić information content (AvgIpc) is 3.22. The van der Waals surface area contributed by atoms with Gasteiger partial charge in [-0.2, -0.15) is 9.61 Å². The summed E-state index contributed by atoms with van der Waals surface area (Å²) >= 11 is 0. The second-order valence-electron chi connectivity index (χ2n) is 5.42. The zero-order chi connectivity index (χ0) is 15.9. The maximum Gasteiger partial charge on any atom is 0.157 e. The third-order valence-corrected chi connectivity index (χ3v) is 4.12. The van der Waals surface area contributed by atoms with Gasteiger partial charge >= 0.3 is 0 Å². The van der Waals surface area contributed by atoms with Crippen LogP contribution in [0.1, 0.15) is 65.5 Å². The molecule has 0 saturated heterocycles. The lowest BCUT2D eigenvalue weighted by Crippen LogP contribution is -2.17. The highest BCUT2D eigenvalue weighted by Crippen LogP contribution is 2.25. The van der Waals surface area contributed by atoms with E-state index in [1.54, 1.807) is 0 Å². The monoisotopic (exact) mass is 300 g/mol. The number of nitrogens with one attached hydrogen (secondary N) is 1. The van der Waals surface area contributed by atoms with Crippen molar-refractivity contribution in [2.24, 2.45) is 0 Å². The van der Waals surface area contributed by atoms with Gasteiger partial charge in [-0.25, -0.2) is 4.98 Å². The molecule has 0 radical (unpaired) electrons. The van der Waals surface area contributed by atoms with Crippen LogP contribution < -0.4 is 5.32 Å². The maximum absolute atomic E-state index is 4.70. The number of nitrogens with zero attached hydrogens (tertiary/aromatic N) is 3. The Hall–Kier alpha value is -1.84. The van der Waals surface area contributed by atoms with Crippen LogP contribution >= 0.6 is 0 Å². The Morgan fingerprint density at radius 3 is 2.73 bits per heavy atom. The molecule has 0 atom stereocenters. The molecule has 2 aromatic heterocycles. The predicted molar refractivity (Wildman–Crippen MR) is 94.2 cm³/mol. The lowest BCUT2D eigenvalue weighted by Gasteiger charge is -2.16. The number of hydrogen-bond acceptors (Lipinski definition) is 3. The van der Waals surface area contributed by atoms with Crippen molar-refractivity contribution in [3.05, 3.63) is 30.1 Å². The van der Waals surface area contributed by atoms with Crippen LogP contribution in [0.15, 0.2) is 24.4 Å². The zero-order valence-corrected chi connectivity index (χ0v) is 14.3. The van der Waals surface area contributed by atoms with Crippen LogP contribution in [0.25, 0.3) is 11.2 Å². The molecule has 0 amide bonds. The fourth-order valence-electron chi connectivity index (χ4n) is 2.99. The summed E-state index contributed by atoms with van der Waals surface area (Å²) in [5.41, 5.74) is 3.25. The van der Waals surface area contributed by atoms with E-state index in [-0.39, 0.29) is 0 Å². The molecule has 0 unspecified atom stereocenters. The largest absolute Gasteiger partial charge is 0.367 e. The highest BCUT2D eigenvalue weighted by atomic mass is 15.3. The van der Waals surface area contributed by atoms with Gasteiger partial charge in [-0.05, 0) is 31.8 Å². The van der Waals surface area contributed by atoms with Crippen molar-refractivity contribution in [1.82, 2.24) is 14.6 Å². The number of hydrogen-bond donors (Lipinski definition) is 1. The smallest absolute Gasteiger partial charge is 0.157 e. The minimum Gasteiger partial charge on any atom is -0.367 e. The molecule has 1 fully saturated rings. The quantitative estimate of drug-likeness (QED) is 0.871. The normalized spacial score (nSPS) is 15.7. The molecule has 2 aromatic rings. The third kappa shape index (κ3) is 3.49. The Morgan fingerprint density at radius 2 is 2.09 bits per heavy atom. The average molecular weight is 300 g/mol. The summed E-state index contributed by atoms with van der Waals surface area (Å²) in [5.74, 6) is 1.06. The lowest BCUT2D eigenvalue weighted by atomic mass is 10.1. The van der Waals surface area contributed by atoms with Crippen LogP contribution in [0.5, 0.6) is 0 Å². The standard InChI is InChI=1S/C16H22N4.C2H6/c1-3-12(4-2)14-11-16(18-13-7-5-6-8-13)20-15(19-14)9-10-17-20;1-2/h3,9-11,13,18H,4-8H2,1-2H3;1-2H3/b12-3+;. The summed E-state index contributed by atoms with van der Waals surface area (Å²) in [6.45, 7) is 8.24. The van der Waals surface area contributed by atoms with Crippen molar-refractivity contribution in [2.75, 3.05) is 5.32 Å². The van der Waals surface area contributed by atoms with Gasteiger partial charge in [0.1, 0.15) is 5.82 Å². The lowest BCUT2D eigenvalue weighted by molar-refractivity contribution is 0.740. The van der Waals surface area contributed by atoms with Gasteiger partial charge in [0.25, 0.3) is 0 Å². The summed E-state index contributed by atoms with van der Waals surface area (Å²) in [7, 11) is 0. The summed E-state index contributed by atoms with van der Waals surface area (Å²) in [6, 6.07) is 4.68. The van der Waals surface area contributed by atoms with Crippen LogP contribution in [0.4, 0.5) is 5.82 Å². The van der Waals surface area contributed by atoms with E-state index in [2.05, 4.69) is 36.4 Å². The first-order valence-electron chi connectivity index (χ1n) is 8.58. The van der Waals surface area contributed by atoms with E-state index in [4.69, 9.17) is 4.98 Å². The van der Waals surface area contributed by atoms with E-state index in [1.165, 1.54) is 31.3 Å². The van der Waals surface area contributed by atoms with E-state index < -0.39 is 0 Å². The minimum absolute atomic E-state index is 0.577. The predicted octanol–water partition coefficient (Wildman–Crippen LogP) is 4.92. The highest BCUT2D eigenvalue weighted by Gasteiger charge is 2.17. The molecule has 1 aliphatic carbocycles. The fraction of sp³-hybridized carbons (Fsp3) is 0.556. The molecule has 22 heavy (non-hydrogen) atoms. The minimum atomic E-state index is 0.577. The van der Waals surface area contributed by atoms with Crippen molar-refractivity contribution in [1.29, 1.82) is 0 Å². The molecule has 1 saturated carbocycles. The van der Waals surface area contributed by atoms with E-state index >= 15 is 0 Å². The van der Waals surface area contributed by atoms with Crippen molar-refractivity contribution in [3.8, 4) is 0 Å². The number of rotatable bonds is 4. The fourth-order valence-corrected chi connectivity index (χ4v) is 2.99. The van der Waals surface area contributed by atoms with E-state index in [0.717, 1.165) is 23.6 Å². The molecule has 3 rings (SSSR count). The Labute approximate surface area is 133 Å². The SMILES string of the molecule is C/C=C(\CC)c1cc(NC2CCCC2)n2nccc2n1.CC. The summed E-state index contributed by atoms with van der Waals surface area (Å²) in [6.07, 6.45) is 10.1. The van der Waals surface area contributed by atoms with Crippen LogP contribution in [0.3, 0.4) is 0 Å². The van der Waals surface area contributed by atoms with Crippen molar-refractivity contribution in [3.63, 3.8) is 0 Å². The molecule has 0 spiro atoms. The molecule has 1 N–H and O–H groups in total. The van der Waals surface area contributed by atoms with E-state index in [1.807, 2.05) is 30.6 Å². The second kappa shape index (κ2) is 7.97. The second-order valence-corrected chi connectivity index (χ2v) is 5.42. The number of fused-ring (bicyclic) bond motifs is 1. The van der Waals surface area contributed by atoms with Gasteiger partial charge in [0, 0.05) is 18.2 Å². The number of allylic oxidation sites excluding steroid dienone is 2. The first kappa shape index (κ1) is 16.5. The van der Waals surface area contributed by atoms with Crippen LogP contribution in [0.2, 0.25) is 0 Å². The molecule has 0 aromatic carbocycles. The van der Waals surface area contributed by atoms with Gasteiger partial charge in [-0.15, -0.1) is 0 Å². The van der Waals surface area contributed by atoms with Gasteiger partial charge in [-0.3, -0.25) is 0 Å². The van der Waals surface area contributed by atoms with Gasteiger partial charge in [0.05, 0.1) is 11.9 Å². The molecule has 1 aliphatic rings. The first-order valence-corrected chi connectivity index (χ1v) is 8.58. The highest BCUT2D eigenvalue weighted by molar-refractivity contribution is 5.67. The third-order valence-electron chi connectivity index (χ3n) is 4.12. The molecular weight excluding hydrogens is 272 g/mol. The van der Waals surface area contributed by atoms with Gasteiger partial charge in [0.15, 0.2) is 5.65 Å². The molecule has 4 heteroatoms. The van der Waals surface area contributed by atoms with Crippen LogP contribution in [0, 0.1) is 0 Å². The van der Waals surface area contributed by atoms with Crippen molar-refractivity contribution >= 4 is 17.0 Å². The van der Waals surface area contributed by atoms with E-state index in [9.17, 15) is 0 Å². The summed E-state index contributed by atoms with van der Waals surface area (Å²) in [5, 5.41) is 8.03. The zero-order valence-electron chi connectivity index (χ0n) is 14.3.